The van der Waals surface area contributed by atoms with Gasteiger partial charge in [-0.1, -0.05) is 146 Å². The molecule has 1 aromatic heterocycles. The van der Waals surface area contributed by atoms with E-state index in [0.29, 0.717) is 22.8 Å². The average molecular weight is 627 g/mol. The summed E-state index contributed by atoms with van der Waals surface area (Å²) < 4.78 is 34.3. The van der Waals surface area contributed by atoms with Gasteiger partial charge in [-0.15, -0.1) is 0 Å². The fourth-order valence-electron chi connectivity index (χ4n) is 6.32. The van der Waals surface area contributed by atoms with Crippen LogP contribution < -0.4 is 0 Å². The first-order valence-electron chi connectivity index (χ1n) is 15.7. The van der Waals surface area contributed by atoms with Gasteiger partial charge in [-0.2, -0.15) is 0 Å². The van der Waals surface area contributed by atoms with E-state index in [2.05, 4.69) is 0 Å². The van der Waals surface area contributed by atoms with Crippen LogP contribution in [0.25, 0.3) is 33.9 Å². The quantitative estimate of drug-likeness (QED) is 0.174. The lowest BCUT2D eigenvalue weighted by Crippen LogP contribution is -2.32. The van der Waals surface area contributed by atoms with E-state index in [-0.39, 0.29) is 17.0 Å². The van der Waals surface area contributed by atoms with Gasteiger partial charge in [-0.25, -0.2) is 23.7 Å². The summed E-state index contributed by atoms with van der Waals surface area (Å²) >= 11 is 0. The van der Waals surface area contributed by atoms with Crippen molar-refractivity contribution >= 4 is 11.4 Å². The normalized spacial score (nSPS) is 13.6. The van der Waals surface area contributed by atoms with Crippen molar-refractivity contribution in [2.75, 3.05) is 0 Å². The standard InChI is InChI=1S/C42H28F2N4/c43-35-27-15-13-25-33(35)41-45-39(31-21-9-3-10-22-31)40(32-23-11-4-12-24-32)48(41)42(34-26-14-16-28-36(34)44)46-37(29-17-5-1-6-18-29)38(47-42)30-19-7-2-8-20-30/h1-28H. The maximum Gasteiger partial charge on any atom is 0.264 e. The lowest BCUT2D eigenvalue weighted by Gasteiger charge is -2.30. The van der Waals surface area contributed by atoms with Gasteiger partial charge in [0.1, 0.15) is 17.5 Å². The molecule has 0 radical (unpaired) electrons. The monoisotopic (exact) mass is 626 g/mol. The third-order valence-electron chi connectivity index (χ3n) is 8.49. The summed E-state index contributed by atoms with van der Waals surface area (Å²) in [7, 11) is 0. The van der Waals surface area contributed by atoms with E-state index in [4.69, 9.17) is 15.0 Å². The number of halogens is 2. The Balaban J connectivity index is 1.59. The molecule has 1 aliphatic heterocycles. The highest BCUT2D eigenvalue weighted by atomic mass is 19.1. The van der Waals surface area contributed by atoms with Crippen LogP contribution in [0.5, 0.6) is 0 Å². The van der Waals surface area contributed by atoms with E-state index in [1.165, 1.54) is 12.1 Å². The van der Waals surface area contributed by atoms with Gasteiger partial charge in [0.15, 0.2) is 0 Å². The van der Waals surface area contributed by atoms with Crippen LogP contribution in [-0.2, 0) is 5.79 Å². The fraction of sp³-hybridized carbons (Fsp3) is 0.0238. The largest absolute Gasteiger partial charge is 0.274 e. The predicted octanol–water partition coefficient (Wildman–Crippen LogP) is 9.81. The maximum atomic E-state index is 16.5. The van der Waals surface area contributed by atoms with E-state index in [9.17, 15) is 0 Å². The molecule has 0 saturated heterocycles. The first kappa shape index (κ1) is 29.2. The molecule has 48 heavy (non-hydrogen) atoms. The van der Waals surface area contributed by atoms with Gasteiger partial charge in [0.05, 0.1) is 33.9 Å². The molecule has 1 aliphatic rings. The van der Waals surface area contributed by atoms with Crippen LogP contribution in [0.2, 0.25) is 0 Å². The summed E-state index contributed by atoms with van der Waals surface area (Å²) in [6.45, 7) is 0. The van der Waals surface area contributed by atoms with Gasteiger partial charge in [0.25, 0.3) is 5.79 Å². The lowest BCUT2D eigenvalue weighted by atomic mass is 10.0. The van der Waals surface area contributed by atoms with Gasteiger partial charge in [0.2, 0.25) is 0 Å². The highest BCUT2D eigenvalue weighted by molar-refractivity contribution is 6.54. The van der Waals surface area contributed by atoms with E-state index in [1.807, 2.05) is 126 Å². The van der Waals surface area contributed by atoms with Crippen LogP contribution in [-0.4, -0.2) is 21.0 Å². The van der Waals surface area contributed by atoms with E-state index in [1.54, 1.807) is 36.4 Å². The highest BCUT2D eigenvalue weighted by Gasteiger charge is 2.46. The summed E-state index contributed by atoms with van der Waals surface area (Å²) in [4.78, 5) is 16.1. The molecule has 230 valence electrons. The van der Waals surface area contributed by atoms with Crippen molar-refractivity contribution in [3.8, 4) is 33.9 Å². The topological polar surface area (TPSA) is 42.5 Å². The van der Waals surface area contributed by atoms with Gasteiger partial charge >= 0.3 is 0 Å². The van der Waals surface area contributed by atoms with Crippen LogP contribution in [0.15, 0.2) is 180 Å². The SMILES string of the molecule is Fc1ccccc1-c1nc(-c2ccccc2)c(-c2ccccc2)n1C1(c2ccccc2F)N=C(c2ccccc2)C(c2ccccc2)=N1. The number of aliphatic imine (C=N–C) groups is 2. The summed E-state index contributed by atoms with van der Waals surface area (Å²) in [5.74, 6) is -2.46. The van der Waals surface area contributed by atoms with Gasteiger partial charge < -0.3 is 0 Å². The molecule has 8 rings (SSSR count). The Labute approximate surface area is 277 Å². The van der Waals surface area contributed by atoms with Crippen LogP contribution in [0.4, 0.5) is 8.78 Å². The molecule has 7 aromatic rings. The molecule has 0 amide bonds. The molecule has 2 heterocycles. The minimum atomic E-state index is -1.76. The zero-order chi connectivity index (χ0) is 32.5. The minimum Gasteiger partial charge on any atom is -0.274 e. The number of hydrogen-bond donors (Lipinski definition) is 0. The molecule has 0 atom stereocenters. The number of hydrogen-bond acceptors (Lipinski definition) is 3. The van der Waals surface area contributed by atoms with Crippen LogP contribution in [0.1, 0.15) is 16.7 Å². The highest BCUT2D eigenvalue weighted by Crippen LogP contribution is 2.47. The molecule has 6 aromatic carbocycles. The third kappa shape index (κ3) is 4.95. The molecule has 0 fully saturated rings. The Morgan fingerprint density at radius 1 is 0.438 bits per heavy atom. The Morgan fingerprint density at radius 3 is 1.40 bits per heavy atom. The number of imidazole rings is 1. The second kappa shape index (κ2) is 12.2. The Hall–Kier alpha value is -6.27. The van der Waals surface area contributed by atoms with Gasteiger partial charge in [-0.3, -0.25) is 4.57 Å². The molecular formula is C42H28F2N4. The minimum absolute atomic E-state index is 0.205. The Kier molecular flexibility index (Phi) is 7.38. The first-order chi connectivity index (χ1) is 23.6. The van der Waals surface area contributed by atoms with Crippen molar-refractivity contribution in [3.05, 3.63) is 198 Å². The second-order valence-electron chi connectivity index (χ2n) is 11.4. The fourth-order valence-corrected chi connectivity index (χ4v) is 6.32. The van der Waals surface area contributed by atoms with E-state index in [0.717, 1.165) is 22.3 Å². The predicted molar refractivity (Wildman–Crippen MR) is 188 cm³/mol. The number of rotatable bonds is 7. The molecule has 0 N–H and O–H groups in total. The smallest absolute Gasteiger partial charge is 0.264 e. The molecule has 0 bridgehead atoms. The average Bonchev–Trinajstić information content (AvgIpc) is 3.75. The first-order valence-corrected chi connectivity index (χ1v) is 15.7. The number of benzene rings is 6. The van der Waals surface area contributed by atoms with Gasteiger partial charge in [0, 0.05) is 22.3 Å². The van der Waals surface area contributed by atoms with Crippen LogP contribution in [0, 0.1) is 11.6 Å². The molecule has 0 spiro atoms. The Morgan fingerprint density at radius 2 is 0.875 bits per heavy atom. The maximum absolute atomic E-state index is 16.5. The molecule has 6 heteroatoms. The third-order valence-corrected chi connectivity index (χ3v) is 8.49. The van der Waals surface area contributed by atoms with Crippen molar-refractivity contribution in [1.82, 2.24) is 9.55 Å². The van der Waals surface area contributed by atoms with Crippen LogP contribution in [0.3, 0.4) is 0 Å². The van der Waals surface area contributed by atoms with Crippen molar-refractivity contribution < 1.29 is 8.78 Å². The van der Waals surface area contributed by atoms with E-state index < -0.39 is 17.4 Å². The van der Waals surface area contributed by atoms with Crippen molar-refractivity contribution in [2.24, 2.45) is 9.98 Å². The lowest BCUT2D eigenvalue weighted by molar-refractivity contribution is 0.388. The zero-order valence-corrected chi connectivity index (χ0v) is 25.7. The summed E-state index contributed by atoms with van der Waals surface area (Å²) in [6.07, 6.45) is 0. The van der Waals surface area contributed by atoms with E-state index >= 15 is 8.78 Å². The Bertz CT molecular complexity index is 2240. The number of aromatic nitrogens is 2. The summed E-state index contributed by atoms with van der Waals surface area (Å²) in [5, 5.41) is 0. The molecule has 0 aliphatic carbocycles. The van der Waals surface area contributed by atoms with Crippen molar-refractivity contribution in [2.45, 2.75) is 5.79 Å². The van der Waals surface area contributed by atoms with Crippen LogP contribution >= 0.6 is 0 Å². The summed E-state index contributed by atoms with van der Waals surface area (Å²) in [6, 6.07) is 52.0. The second-order valence-corrected chi connectivity index (χ2v) is 11.4. The molecule has 0 saturated carbocycles. The zero-order valence-electron chi connectivity index (χ0n) is 25.7. The molecule has 0 unspecified atom stereocenters. The van der Waals surface area contributed by atoms with Gasteiger partial charge in [-0.05, 0) is 24.3 Å². The molecular weight excluding hydrogens is 598 g/mol. The molecule has 4 nitrogen and oxygen atoms in total. The van der Waals surface area contributed by atoms with Crippen molar-refractivity contribution in [3.63, 3.8) is 0 Å². The van der Waals surface area contributed by atoms with Crippen molar-refractivity contribution in [1.29, 1.82) is 0 Å². The summed E-state index contributed by atoms with van der Waals surface area (Å²) in [5.41, 5.74) is 6.07. The number of nitrogens with zero attached hydrogens (tertiary/aromatic N) is 4.